The Balaban J connectivity index is 4.01. The van der Waals surface area contributed by atoms with Crippen molar-refractivity contribution in [2.24, 2.45) is 11.7 Å². The van der Waals surface area contributed by atoms with Gasteiger partial charge in [0.1, 0.15) is 6.26 Å². The molecular formula is C14H27NO. The number of ether oxygens (including phenoxy) is 1. The molecule has 16 heavy (non-hydrogen) atoms. The average Bonchev–Trinajstić information content (AvgIpc) is 2.30. The van der Waals surface area contributed by atoms with Gasteiger partial charge in [-0.15, -0.1) is 0 Å². The minimum atomic E-state index is 0.489. The molecule has 1 atom stereocenters. The second kappa shape index (κ2) is 10.6. The van der Waals surface area contributed by atoms with Crippen LogP contribution in [0.5, 0.6) is 0 Å². The van der Waals surface area contributed by atoms with Crippen LogP contribution >= 0.6 is 0 Å². The van der Waals surface area contributed by atoms with Gasteiger partial charge in [0.05, 0.1) is 5.76 Å². The van der Waals surface area contributed by atoms with Gasteiger partial charge in [-0.3, -0.25) is 0 Å². The third-order valence-corrected chi connectivity index (χ3v) is 2.82. The summed E-state index contributed by atoms with van der Waals surface area (Å²) in [4.78, 5) is 0. The fourth-order valence-electron chi connectivity index (χ4n) is 1.78. The summed E-state index contributed by atoms with van der Waals surface area (Å²) < 4.78 is 5.38. The lowest BCUT2D eigenvalue weighted by Crippen LogP contribution is -2.05. The average molecular weight is 225 g/mol. The molecule has 2 nitrogen and oxygen atoms in total. The zero-order valence-electron chi connectivity index (χ0n) is 10.9. The van der Waals surface area contributed by atoms with Crippen molar-refractivity contribution in [3.63, 3.8) is 0 Å². The number of hydrogen-bond donors (Lipinski definition) is 1. The number of hydrogen-bond acceptors (Lipinski definition) is 2. The Labute approximate surface area is 101 Å². The molecule has 0 heterocycles. The summed E-state index contributed by atoms with van der Waals surface area (Å²) in [6.45, 7) is 8.44. The molecule has 0 aromatic carbocycles. The van der Waals surface area contributed by atoms with Crippen molar-refractivity contribution < 1.29 is 4.74 Å². The highest BCUT2D eigenvalue weighted by molar-refractivity contribution is 4.93. The van der Waals surface area contributed by atoms with Gasteiger partial charge in [0.15, 0.2) is 0 Å². The van der Waals surface area contributed by atoms with Crippen LogP contribution in [-0.4, -0.2) is 0 Å². The Morgan fingerprint density at radius 2 is 1.81 bits per heavy atom. The van der Waals surface area contributed by atoms with Gasteiger partial charge >= 0.3 is 0 Å². The van der Waals surface area contributed by atoms with Crippen LogP contribution in [0.2, 0.25) is 0 Å². The van der Waals surface area contributed by atoms with Gasteiger partial charge in [-0.2, -0.15) is 0 Å². The molecule has 0 aliphatic carbocycles. The Bertz CT molecular complexity index is 199. The Kier molecular flexibility index (Phi) is 9.98. The molecule has 0 spiro atoms. The van der Waals surface area contributed by atoms with Gasteiger partial charge in [0.2, 0.25) is 0 Å². The van der Waals surface area contributed by atoms with Crippen molar-refractivity contribution in [2.45, 2.75) is 58.8 Å². The molecule has 0 rings (SSSR count). The minimum absolute atomic E-state index is 0.489. The van der Waals surface area contributed by atoms with Gasteiger partial charge < -0.3 is 10.5 Å². The van der Waals surface area contributed by atoms with E-state index in [1.807, 2.05) is 0 Å². The molecular weight excluding hydrogens is 198 g/mol. The van der Waals surface area contributed by atoms with Gasteiger partial charge in [0, 0.05) is 12.1 Å². The van der Waals surface area contributed by atoms with Crippen LogP contribution in [0.4, 0.5) is 0 Å². The van der Waals surface area contributed by atoms with E-state index in [1.54, 1.807) is 0 Å². The smallest absolute Gasteiger partial charge is 0.106 e. The first-order chi connectivity index (χ1) is 7.76. The summed E-state index contributed by atoms with van der Waals surface area (Å²) in [6.07, 6.45) is 11.6. The zero-order valence-corrected chi connectivity index (χ0v) is 10.9. The second-order valence-corrected chi connectivity index (χ2v) is 4.25. The monoisotopic (exact) mass is 225 g/mol. The summed E-state index contributed by atoms with van der Waals surface area (Å²) in [6, 6.07) is 0. The normalized spacial score (nSPS) is 12.9. The quantitative estimate of drug-likeness (QED) is 0.443. The number of nitrogens with two attached hydrogens (primary N) is 1. The van der Waals surface area contributed by atoms with E-state index in [9.17, 15) is 0 Å². The van der Waals surface area contributed by atoms with Crippen LogP contribution in [-0.2, 0) is 4.74 Å². The highest BCUT2D eigenvalue weighted by atomic mass is 16.5. The third kappa shape index (κ3) is 7.38. The standard InChI is InChI=1S/C14H27NO/c1-4-6-8-10-14(9-7-5-2)13(3)16-12-11-15/h11-12,14H,3-10,15H2,1-2H3/b12-11-. The van der Waals surface area contributed by atoms with Crippen molar-refractivity contribution in [2.75, 3.05) is 0 Å². The lowest BCUT2D eigenvalue weighted by molar-refractivity contribution is 0.267. The molecule has 0 aromatic heterocycles. The van der Waals surface area contributed by atoms with Crippen LogP contribution in [0, 0.1) is 5.92 Å². The predicted octanol–water partition coefficient (Wildman–Crippen LogP) is 4.33. The molecule has 0 amide bonds. The fraction of sp³-hybridized carbons (Fsp3) is 0.714. The van der Waals surface area contributed by atoms with Crippen molar-refractivity contribution in [3.8, 4) is 0 Å². The first-order valence-corrected chi connectivity index (χ1v) is 6.48. The van der Waals surface area contributed by atoms with E-state index in [0.717, 1.165) is 5.76 Å². The molecule has 0 aromatic rings. The Hall–Kier alpha value is -0.920. The molecule has 0 aliphatic heterocycles. The summed E-state index contributed by atoms with van der Waals surface area (Å²) in [5.74, 6) is 1.36. The molecule has 2 N–H and O–H groups in total. The molecule has 2 heteroatoms. The highest BCUT2D eigenvalue weighted by Gasteiger charge is 2.12. The first kappa shape index (κ1) is 15.1. The maximum Gasteiger partial charge on any atom is 0.106 e. The summed E-state index contributed by atoms with van der Waals surface area (Å²) in [5.41, 5.74) is 5.25. The molecule has 0 radical (unpaired) electrons. The largest absolute Gasteiger partial charge is 0.468 e. The Morgan fingerprint density at radius 1 is 1.19 bits per heavy atom. The number of allylic oxidation sites excluding steroid dienone is 1. The van der Waals surface area contributed by atoms with Gasteiger partial charge in [-0.05, 0) is 12.8 Å². The molecule has 1 unspecified atom stereocenters. The number of unbranched alkanes of at least 4 members (excludes halogenated alkanes) is 3. The fourth-order valence-corrected chi connectivity index (χ4v) is 1.78. The number of rotatable bonds is 10. The highest BCUT2D eigenvalue weighted by Crippen LogP contribution is 2.24. The maximum atomic E-state index is 5.38. The van der Waals surface area contributed by atoms with Crippen molar-refractivity contribution >= 4 is 0 Å². The van der Waals surface area contributed by atoms with E-state index >= 15 is 0 Å². The van der Waals surface area contributed by atoms with E-state index in [1.165, 1.54) is 57.4 Å². The zero-order chi connectivity index (χ0) is 12.2. The molecule has 94 valence electrons. The minimum Gasteiger partial charge on any atom is -0.468 e. The van der Waals surface area contributed by atoms with Gasteiger partial charge in [-0.25, -0.2) is 0 Å². The van der Waals surface area contributed by atoms with Crippen molar-refractivity contribution in [3.05, 3.63) is 24.8 Å². The lowest BCUT2D eigenvalue weighted by atomic mass is 9.94. The van der Waals surface area contributed by atoms with E-state index in [0.29, 0.717) is 5.92 Å². The van der Waals surface area contributed by atoms with Gasteiger partial charge in [-0.1, -0.05) is 52.5 Å². The lowest BCUT2D eigenvalue weighted by Gasteiger charge is -2.18. The van der Waals surface area contributed by atoms with Crippen LogP contribution in [0.15, 0.2) is 24.8 Å². The summed E-state index contributed by atoms with van der Waals surface area (Å²) in [5, 5.41) is 0. The second-order valence-electron chi connectivity index (χ2n) is 4.25. The SMILES string of the molecule is C=C(O/C=C\N)C(CCCC)CCCCC. The maximum absolute atomic E-state index is 5.38. The molecule has 0 saturated carbocycles. The van der Waals surface area contributed by atoms with E-state index in [-0.39, 0.29) is 0 Å². The third-order valence-electron chi connectivity index (χ3n) is 2.82. The van der Waals surface area contributed by atoms with Crippen LogP contribution in [0.1, 0.15) is 58.8 Å². The molecule has 0 fully saturated rings. The van der Waals surface area contributed by atoms with Crippen molar-refractivity contribution in [1.29, 1.82) is 0 Å². The summed E-state index contributed by atoms with van der Waals surface area (Å²) >= 11 is 0. The summed E-state index contributed by atoms with van der Waals surface area (Å²) in [7, 11) is 0. The molecule has 0 aliphatic rings. The van der Waals surface area contributed by atoms with Gasteiger partial charge in [0.25, 0.3) is 0 Å². The molecule has 0 bridgehead atoms. The van der Waals surface area contributed by atoms with E-state index in [2.05, 4.69) is 20.4 Å². The first-order valence-electron chi connectivity index (χ1n) is 6.48. The van der Waals surface area contributed by atoms with E-state index < -0.39 is 0 Å². The van der Waals surface area contributed by atoms with Crippen LogP contribution in [0.3, 0.4) is 0 Å². The van der Waals surface area contributed by atoms with Crippen LogP contribution < -0.4 is 5.73 Å². The van der Waals surface area contributed by atoms with Crippen molar-refractivity contribution in [1.82, 2.24) is 0 Å². The topological polar surface area (TPSA) is 35.2 Å². The van der Waals surface area contributed by atoms with E-state index in [4.69, 9.17) is 10.5 Å². The predicted molar refractivity (Wildman–Crippen MR) is 70.7 cm³/mol. The molecule has 0 saturated heterocycles. The van der Waals surface area contributed by atoms with Crippen LogP contribution in [0.25, 0.3) is 0 Å². The Morgan fingerprint density at radius 3 is 2.38 bits per heavy atom.